The zero-order valence-corrected chi connectivity index (χ0v) is 15.8. The summed E-state index contributed by atoms with van der Waals surface area (Å²) in [6.45, 7) is 15.1. The van der Waals surface area contributed by atoms with Crippen molar-refractivity contribution in [1.29, 1.82) is 0 Å². The zero-order valence-electron chi connectivity index (χ0n) is 14.2. The molecule has 1 aromatic heterocycles. The second-order valence-corrected chi connectivity index (χ2v) is 6.71. The molecule has 122 valence electrons. The van der Waals surface area contributed by atoms with E-state index in [2.05, 4.69) is 39.1 Å². The van der Waals surface area contributed by atoms with Crippen LogP contribution in [-0.4, -0.2) is 15.8 Å². The molecule has 4 heteroatoms. The first kappa shape index (κ1) is 19.2. The Morgan fingerprint density at radius 1 is 1.39 bits per heavy atom. The zero-order chi connectivity index (χ0) is 17.6. The van der Waals surface area contributed by atoms with Crippen LogP contribution in [0.2, 0.25) is 0 Å². The van der Waals surface area contributed by atoms with Crippen molar-refractivity contribution in [2.24, 2.45) is 5.41 Å². The van der Waals surface area contributed by atoms with E-state index in [9.17, 15) is 4.79 Å². The van der Waals surface area contributed by atoms with E-state index >= 15 is 0 Å². The molecule has 0 spiro atoms. The predicted molar refractivity (Wildman–Crippen MR) is 100 cm³/mol. The summed E-state index contributed by atoms with van der Waals surface area (Å²) in [5.74, 6) is 0.0345. The molecule has 0 saturated carbocycles. The van der Waals surface area contributed by atoms with Crippen LogP contribution >= 0.6 is 15.9 Å². The van der Waals surface area contributed by atoms with Crippen molar-refractivity contribution in [3.05, 3.63) is 65.2 Å². The highest BCUT2D eigenvalue weighted by atomic mass is 79.9. The Balaban J connectivity index is 3.23. The molecule has 0 amide bonds. The minimum Gasteiger partial charge on any atom is -0.293 e. The van der Waals surface area contributed by atoms with E-state index in [-0.39, 0.29) is 5.78 Å². The molecule has 0 atom stereocenters. The van der Waals surface area contributed by atoms with Crippen molar-refractivity contribution >= 4 is 27.3 Å². The van der Waals surface area contributed by atoms with Crippen LogP contribution in [0, 0.1) is 12.3 Å². The van der Waals surface area contributed by atoms with Crippen molar-refractivity contribution in [3.8, 4) is 0 Å². The Labute approximate surface area is 147 Å². The van der Waals surface area contributed by atoms with Gasteiger partial charge in [-0.2, -0.15) is 0 Å². The van der Waals surface area contributed by atoms with E-state index in [0.717, 1.165) is 11.3 Å². The van der Waals surface area contributed by atoms with Crippen LogP contribution in [-0.2, 0) is 4.79 Å². The Morgan fingerprint density at radius 2 is 2.04 bits per heavy atom. The van der Waals surface area contributed by atoms with E-state index in [1.165, 1.54) is 0 Å². The van der Waals surface area contributed by atoms with Gasteiger partial charge in [0.1, 0.15) is 4.60 Å². The molecule has 23 heavy (non-hydrogen) atoms. The molecule has 0 saturated heterocycles. The number of rotatable bonds is 7. The fourth-order valence-electron chi connectivity index (χ4n) is 2.36. The minimum absolute atomic E-state index is 0.0345. The van der Waals surface area contributed by atoms with Crippen molar-refractivity contribution in [1.82, 2.24) is 9.97 Å². The highest BCUT2D eigenvalue weighted by Crippen LogP contribution is 2.33. The average Bonchev–Trinajstić information content (AvgIpc) is 2.50. The number of carbonyl (C=O) groups is 1. The van der Waals surface area contributed by atoms with Crippen LogP contribution < -0.4 is 0 Å². The van der Waals surface area contributed by atoms with Gasteiger partial charge in [0.25, 0.3) is 0 Å². The van der Waals surface area contributed by atoms with E-state index in [1.54, 1.807) is 24.4 Å². The van der Waals surface area contributed by atoms with Gasteiger partial charge in [-0.05, 0) is 41.8 Å². The van der Waals surface area contributed by atoms with Gasteiger partial charge < -0.3 is 0 Å². The number of nitrogens with zero attached hydrogens (tertiary/aromatic N) is 2. The molecule has 0 aliphatic rings. The Hall–Kier alpha value is -1.81. The van der Waals surface area contributed by atoms with Gasteiger partial charge in [0.15, 0.2) is 5.78 Å². The monoisotopic (exact) mass is 374 g/mol. The van der Waals surface area contributed by atoms with Gasteiger partial charge in [0, 0.05) is 11.0 Å². The molecule has 0 aromatic carbocycles. The van der Waals surface area contributed by atoms with Gasteiger partial charge in [-0.3, -0.25) is 9.78 Å². The lowest BCUT2D eigenvalue weighted by Gasteiger charge is -2.25. The van der Waals surface area contributed by atoms with E-state index < -0.39 is 5.41 Å². The van der Waals surface area contributed by atoms with Crippen LogP contribution in [0.1, 0.15) is 38.6 Å². The summed E-state index contributed by atoms with van der Waals surface area (Å²) < 4.78 is 0.612. The van der Waals surface area contributed by atoms with Gasteiger partial charge in [-0.1, -0.05) is 51.3 Å². The first-order valence-electron chi connectivity index (χ1n) is 7.41. The maximum atomic E-state index is 13.1. The summed E-state index contributed by atoms with van der Waals surface area (Å²) in [4.78, 5) is 21.8. The van der Waals surface area contributed by atoms with Gasteiger partial charge >= 0.3 is 0 Å². The van der Waals surface area contributed by atoms with Gasteiger partial charge in [-0.25, -0.2) is 4.98 Å². The summed E-state index contributed by atoms with van der Waals surface area (Å²) in [5.41, 5.74) is 2.33. The summed E-state index contributed by atoms with van der Waals surface area (Å²) in [6, 6.07) is 0. The second-order valence-electron chi connectivity index (χ2n) is 5.90. The van der Waals surface area contributed by atoms with Gasteiger partial charge in [-0.15, -0.1) is 0 Å². The quantitative estimate of drug-likeness (QED) is 0.484. The van der Waals surface area contributed by atoms with Crippen molar-refractivity contribution in [3.63, 3.8) is 0 Å². The molecule has 1 rings (SSSR count). The molecule has 0 N–H and O–H groups in total. The fourth-order valence-corrected chi connectivity index (χ4v) is 2.64. The topological polar surface area (TPSA) is 42.9 Å². The highest BCUT2D eigenvalue weighted by Gasteiger charge is 2.32. The Kier molecular flexibility index (Phi) is 6.82. The van der Waals surface area contributed by atoms with Crippen molar-refractivity contribution < 1.29 is 4.79 Å². The number of allylic oxidation sites excluding steroid dienone is 6. The number of hydrogen-bond donors (Lipinski definition) is 0. The molecule has 3 nitrogen and oxygen atoms in total. The third kappa shape index (κ3) is 4.83. The fraction of sp³-hybridized carbons (Fsp3) is 0.316. The molecule has 1 heterocycles. The molecular weight excluding hydrogens is 352 g/mol. The number of halogens is 1. The van der Waals surface area contributed by atoms with E-state index in [1.807, 2.05) is 33.8 Å². The highest BCUT2D eigenvalue weighted by molar-refractivity contribution is 9.10. The predicted octanol–water partition coefficient (Wildman–Crippen LogP) is 5.23. The number of aryl methyl sites for hydroxylation is 1. The number of aromatic nitrogens is 2. The van der Waals surface area contributed by atoms with Crippen LogP contribution in [0.5, 0.6) is 0 Å². The number of hydrogen-bond acceptors (Lipinski definition) is 3. The van der Waals surface area contributed by atoms with Gasteiger partial charge in [0.05, 0.1) is 17.6 Å². The van der Waals surface area contributed by atoms with Crippen molar-refractivity contribution in [2.75, 3.05) is 0 Å². The van der Waals surface area contributed by atoms with E-state index in [4.69, 9.17) is 0 Å². The third-order valence-electron chi connectivity index (χ3n) is 3.57. The molecule has 0 aliphatic heterocycles. The molecule has 0 bridgehead atoms. The number of Topliss-reactive ketones (excluding diaryl/α,β-unsaturated/α-hetero) is 1. The lowest BCUT2D eigenvalue weighted by atomic mass is 9.77. The molecule has 0 aliphatic carbocycles. The average molecular weight is 375 g/mol. The Bertz CT molecular complexity index is 685. The van der Waals surface area contributed by atoms with E-state index in [0.29, 0.717) is 22.3 Å². The van der Waals surface area contributed by atoms with Crippen LogP contribution in [0.25, 0.3) is 5.57 Å². The normalized spacial score (nSPS) is 12.9. The molecule has 0 unspecified atom stereocenters. The van der Waals surface area contributed by atoms with Crippen LogP contribution in [0.4, 0.5) is 0 Å². The first-order chi connectivity index (χ1) is 10.8. The number of ketones is 1. The number of carbonyl (C=O) groups excluding carboxylic acids is 1. The van der Waals surface area contributed by atoms with Crippen LogP contribution in [0.15, 0.2) is 53.8 Å². The maximum absolute atomic E-state index is 13.1. The standard InChI is InChI=1S/C19H23BrN2O/c1-7-10-14(8-2)11-19(5,6)18(23)15(9-3)17-13(4)21-12-16(20)22-17/h7-10,12H,1-2,11H2,3-6H3/b14-10+,15-9+. The van der Waals surface area contributed by atoms with Crippen molar-refractivity contribution in [2.45, 2.75) is 34.1 Å². The summed E-state index contributed by atoms with van der Waals surface area (Å²) in [5, 5.41) is 0. The second kappa shape index (κ2) is 8.16. The van der Waals surface area contributed by atoms with Gasteiger partial charge in [0.2, 0.25) is 0 Å². The summed E-state index contributed by atoms with van der Waals surface area (Å²) in [7, 11) is 0. The molecule has 0 fully saturated rings. The largest absolute Gasteiger partial charge is 0.293 e. The molecule has 0 radical (unpaired) electrons. The summed E-state index contributed by atoms with van der Waals surface area (Å²) >= 11 is 3.32. The Morgan fingerprint density at radius 3 is 2.57 bits per heavy atom. The lowest BCUT2D eigenvalue weighted by molar-refractivity contribution is -0.121. The summed E-state index contributed by atoms with van der Waals surface area (Å²) in [6.07, 6.45) is 9.36. The molecule has 1 aromatic rings. The smallest absolute Gasteiger partial charge is 0.170 e. The first-order valence-corrected chi connectivity index (χ1v) is 8.20. The third-order valence-corrected chi connectivity index (χ3v) is 3.95. The lowest BCUT2D eigenvalue weighted by Crippen LogP contribution is -2.26. The minimum atomic E-state index is -0.582. The maximum Gasteiger partial charge on any atom is 0.170 e. The molecular formula is C19H23BrN2O. The SMILES string of the molecule is C=C/C=C(\C=C)CC(C)(C)C(=O)/C(=C/C)c1nc(Br)cnc1C. The van der Waals surface area contributed by atoms with Crippen LogP contribution in [0.3, 0.4) is 0 Å².